The van der Waals surface area contributed by atoms with Crippen molar-refractivity contribution >= 4 is 17.4 Å². The molecule has 1 aromatic rings. The Hall–Kier alpha value is -1.06. The van der Waals surface area contributed by atoms with Gasteiger partial charge in [0.1, 0.15) is 19.0 Å². The van der Waals surface area contributed by atoms with E-state index in [2.05, 4.69) is 0 Å². The number of carbonyl (C=O) groups excluding carboxylic acids is 1. The number of ether oxygens (including phenoxy) is 2. The number of ketones is 1. The molecule has 0 aliphatic heterocycles. The van der Waals surface area contributed by atoms with E-state index in [9.17, 15) is 4.79 Å². The largest absolute Gasteiger partial charge is 0.486 e. The van der Waals surface area contributed by atoms with Crippen molar-refractivity contribution in [2.75, 3.05) is 19.8 Å². The Balaban J connectivity index is 2.23. The molecule has 0 heterocycles. The minimum atomic E-state index is -0.0663. The fourth-order valence-corrected chi connectivity index (χ4v) is 1.19. The Morgan fingerprint density at radius 3 is 2.56 bits per heavy atom. The van der Waals surface area contributed by atoms with Crippen LogP contribution in [0.25, 0.3) is 0 Å². The van der Waals surface area contributed by atoms with Gasteiger partial charge in [-0.1, -0.05) is 18.5 Å². The third kappa shape index (κ3) is 5.14. The van der Waals surface area contributed by atoms with E-state index in [-0.39, 0.29) is 19.0 Å². The molecule has 1 rings (SSSR count). The molecule has 16 heavy (non-hydrogen) atoms. The molecular weight excluding hydrogens is 228 g/mol. The SMILES string of the molecule is CCCOCC(=O)COc1ccc(Cl)cc1. The molecule has 0 saturated carbocycles. The van der Waals surface area contributed by atoms with Crippen molar-refractivity contribution in [3.8, 4) is 5.75 Å². The van der Waals surface area contributed by atoms with Gasteiger partial charge >= 0.3 is 0 Å². The summed E-state index contributed by atoms with van der Waals surface area (Å²) in [6.07, 6.45) is 0.908. The molecule has 0 N–H and O–H groups in total. The predicted octanol–water partition coefficient (Wildman–Crippen LogP) is 2.71. The van der Waals surface area contributed by atoms with E-state index in [4.69, 9.17) is 21.1 Å². The Bertz CT molecular complexity index is 322. The molecule has 0 atom stereocenters. The maximum absolute atomic E-state index is 11.3. The predicted molar refractivity (Wildman–Crippen MR) is 63.1 cm³/mol. The van der Waals surface area contributed by atoms with Gasteiger partial charge in [0.15, 0.2) is 5.78 Å². The van der Waals surface area contributed by atoms with Crippen molar-refractivity contribution in [1.29, 1.82) is 0 Å². The monoisotopic (exact) mass is 242 g/mol. The van der Waals surface area contributed by atoms with Gasteiger partial charge in [-0.2, -0.15) is 0 Å². The van der Waals surface area contributed by atoms with E-state index < -0.39 is 0 Å². The van der Waals surface area contributed by atoms with Crippen LogP contribution in [0.2, 0.25) is 5.02 Å². The van der Waals surface area contributed by atoms with Crippen LogP contribution in [0.1, 0.15) is 13.3 Å². The first-order chi connectivity index (χ1) is 7.72. The molecule has 0 spiro atoms. The first kappa shape index (κ1) is 13.0. The minimum Gasteiger partial charge on any atom is -0.486 e. The highest BCUT2D eigenvalue weighted by molar-refractivity contribution is 6.30. The molecule has 1 aromatic carbocycles. The van der Waals surface area contributed by atoms with Crippen molar-refractivity contribution in [3.05, 3.63) is 29.3 Å². The molecule has 0 fully saturated rings. The second-order valence-electron chi connectivity index (χ2n) is 3.33. The van der Waals surface area contributed by atoms with E-state index >= 15 is 0 Å². The smallest absolute Gasteiger partial charge is 0.195 e. The number of hydrogen-bond acceptors (Lipinski definition) is 3. The summed E-state index contributed by atoms with van der Waals surface area (Å²) in [6.45, 7) is 2.74. The van der Waals surface area contributed by atoms with Gasteiger partial charge in [-0.25, -0.2) is 0 Å². The van der Waals surface area contributed by atoms with E-state index in [0.29, 0.717) is 17.4 Å². The fraction of sp³-hybridized carbons (Fsp3) is 0.417. The van der Waals surface area contributed by atoms with Crippen LogP contribution in [-0.4, -0.2) is 25.6 Å². The third-order valence-electron chi connectivity index (χ3n) is 1.82. The third-order valence-corrected chi connectivity index (χ3v) is 2.08. The van der Waals surface area contributed by atoms with Crippen molar-refractivity contribution in [3.63, 3.8) is 0 Å². The van der Waals surface area contributed by atoms with Crippen molar-refractivity contribution in [2.24, 2.45) is 0 Å². The molecular formula is C12H15ClO3. The number of carbonyl (C=O) groups is 1. The van der Waals surface area contributed by atoms with E-state index in [1.54, 1.807) is 24.3 Å². The lowest BCUT2D eigenvalue weighted by molar-refractivity contribution is -0.125. The van der Waals surface area contributed by atoms with E-state index in [1.807, 2.05) is 6.92 Å². The van der Waals surface area contributed by atoms with Crippen LogP contribution in [-0.2, 0) is 9.53 Å². The number of rotatable bonds is 7. The summed E-state index contributed by atoms with van der Waals surface area (Å²) in [7, 11) is 0. The highest BCUT2D eigenvalue weighted by Crippen LogP contribution is 2.15. The molecule has 0 bridgehead atoms. The van der Waals surface area contributed by atoms with Crippen LogP contribution >= 0.6 is 11.6 Å². The zero-order valence-corrected chi connectivity index (χ0v) is 10.00. The molecule has 0 radical (unpaired) electrons. The van der Waals surface area contributed by atoms with Gasteiger partial charge in [0.25, 0.3) is 0 Å². The molecule has 0 aliphatic rings. The molecule has 88 valence electrons. The lowest BCUT2D eigenvalue weighted by atomic mass is 10.3. The van der Waals surface area contributed by atoms with Crippen molar-refractivity contribution in [2.45, 2.75) is 13.3 Å². The molecule has 0 aliphatic carbocycles. The second-order valence-corrected chi connectivity index (χ2v) is 3.77. The highest BCUT2D eigenvalue weighted by atomic mass is 35.5. The van der Waals surface area contributed by atoms with E-state index in [1.165, 1.54) is 0 Å². The van der Waals surface area contributed by atoms with Gasteiger partial charge in [0.05, 0.1) is 0 Å². The Kier molecular flexibility index (Phi) is 5.90. The summed E-state index contributed by atoms with van der Waals surface area (Å²) in [6, 6.07) is 6.88. The number of benzene rings is 1. The normalized spacial score (nSPS) is 10.1. The van der Waals surface area contributed by atoms with Crippen LogP contribution in [0, 0.1) is 0 Å². The van der Waals surface area contributed by atoms with Crippen molar-refractivity contribution in [1.82, 2.24) is 0 Å². The standard InChI is InChI=1S/C12H15ClO3/c1-2-7-15-8-11(14)9-16-12-5-3-10(13)4-6-12/h3-6H,2,7-9H2,1H3. The summed E-state index contributed by atoms with van der Waals surface area (Å²) in [5, 5.41) is 0.643. The highest BCUT2D eigenvalue weighted by Gasteiger charge is 2.03. The maximum Gasteiger partial charge on any atom is 0.195 e. The summed E-state index contributed by atoms with van der Waals surface area (Å²) in [4.78, 5) is 11.3. The average molecular weight is 243 g/mol. The minimum absolute atomic E-state index is 0.0331. The van der Waals surface area contributed by atoms with Crippen LogP contribution in [0.15, 0.2) is 24.3 Å². The number of halogens is 1. The Morgan fingerprint density at radius 1 is 1.25 bits per heavy atom. The van der Waals surface area contributed by atoms with Gasteiger partial charge in [-0.15, -0.1) is 0 Å². The molecule has 3 nitrogen and oxygen atoms in total. The first-order valence-corrected chi connectivity index (χ1v) is 5.58. The molecule has 0 amide bonds. The molecule has 0 unspecified atom stereocenters. The summed E-state index contributed by atoms with van der Waals surface area (Å²) in [5.74, 6) is 0.566. The van der Waals surface area contributed by atoms with Gasteiger partial charge in [0, 0.05) is 11.6 Å². The summed E-state index contributed by atoms with van der Waals surface area (Å²) >= 11 is 5.72. The van der Waals surface area contributed by atoms with Gasteiger partial charge in [-0.05, 0) is 30.7 Å². The van der Waals surface area contributed by atoms with Crippen LogP contribution in [0.3, 0.4) is 0 Å². The lowest BCUT2D eigenvalue weighted by Gasteiger charge is -2.05. The lowest BCUT2D eigenvalue weighted by Crippen LogP contribution is -2.17. The molecule has 4 heteroatoms. The van der Waals surface area contributed by atoms with Gasteiger partial charge < -0.3 is 9.47 Å². The van der Waals surface area contributed by atoms with Gasteiger partial charge in [-0.3, -0.25) is 4.79 Å². The number of hydrogen-bond donors (Lipinski definition) is 0. The fourth-order valence-electron chi connectivity index (χ4n) is 1.07. The van der Waals surface area contributed by atoms with Crippen LogP contribution < -0.4 is 4.74 Å². The summed E-state index contributed by atoms with van der Waals surface area (Å²) in [5.41, 5.74) is 0. The summed E-state index contributed by atoms with van der Waals surface area (Å²) < 4.78 is 10.4. The maximum atomic E-state index is 11.3. The Labute approximate surface area is 100 Å². The Morgan fingerprint density at radius 2 is 1.94 bits per heavy atom. The quantitative estimate of drug-likeness (QED) is 0.690. The zero-order valence-electron chi connectivity index (χ0n) is 9.24. The van der Waals surface area contributed by atoms with E-state index in [0.717, 1.165) is 6.42 Å². The second kappa shape index (κ2) is 7.25. The van der Waals surface area contributed by atoms with Crippen LogP contribution in [0.4, 0.5) is 0 Å². The first-order valence-electron chi connectivity index (χ1n) is 5.20. The average Bonchev–Trinajstić information content (AvgIpc) is 2.29. The molecule has 0 saturated heterocycles. The topological polar surface area (TPSA) is 35.5 Å². The van der Waals surface area contributed by atoms with Crippen LogP contribution in [0.5, 0.6) is 5.75 Å². The molecule has 0 aromatic heterocycles. The number of Topliss-reactive ketones (excluding diaryl/α,β-unsaturated/α-hetero) is 1. The van der Waals surface area contributed by atoms with Crippen molar-refractivity contribution < 1.29 is 14.3 Å². The van der Waals surface area contributed by atoms with Gasteiger partial charge in [0.2, 0.25) is 0 Å². The zero-order chi connectivity index (χ0) is 11.8.